The molecule has 0 saturated carbocycles. The van der Waals surface area contributed by atoms with Gasteiger partial charge in [-0.05, 0) is 19.1 Å². The van der Waals surface area contributed by atoms with E-state index in [4.69, 9.17) is 0 Å². The lowest BCUT2D eigenvalue weighted by Crippen LogP contribution is -2.03. The van der Waals surface area contributed by atoms with Gasteiger partial charge in [0.05, 0.1) is 10.6 Å². The van der Waals surface area contributed by atoms with Crippen LogP contribution in [0.2, 0.25) is 0 Å². The Labute approximate surface area is 90.9 Å². The zero-order valence-corrected chi connectivity index (χ0v) is 9.44. The largest absolute Gasteiger partial charge is 0.223 e. The fourth-order valence-corrected chi connectivity index (χ4v) is 2.22. The molecule has 1 rings (SSSR count). The molecule has 0 spiro atoms. The van der Waals surface area contributed by atoms with Crippen molar-refractivity contribution in [3.8, 4) is 0 Å². The zero-order chi connectivity index (χ0) is 11.1. The van der Waals surface area contributed by atoms with Crippen LogP contribution >= 0.6 is 0 Å². The summed E-state index contributed by atoms with van der Waals surface area (Å²) in [6.07, 6.45) is 7.04. The van der Waals surface area contributed by atoms with Gasteiger partial charge < -0.3 is 0 Å². The summed E-state index contributed by atoms with van der Waals surface area (Å²) in [6, 6.07) is 8.47. The average Bonchev–Trinajstić information content (AvgIpc) is 2.26. The van der Waals surface area contributed by atoms with Crippen LogP contribution in [0, 0.1) is 0 Å². The maximum absolute atomic E-state index is 11.7. The molecule has 15 heavy (non-hydrogen) atoms. The van der Waals surface area contributed by atoms with Crippen LogP contribution in [0.25, 0.3) is 0 Å². The molecule has 0 bridgehead atoms. The first-order valence-electron chi connectivity index (χ1n) is 4.72. The summed E-state index contributed by atoms with van der Waals surface area (Å²) in [5, 5.41) is 0. The van der Waals surface area contributed by atoms with Crippen LogP contribution in [0.1, 0.15) is 6.92 Å². The van der Waals surface area contributed by atoms with Gasteiger partial charge in [0.25, 0.3) is 0 Å². The Morgan fingerprint density at radius 1 is 1.13 bits per heavy atom. The van der Waals surface area contributed by atoms with Crippen LogP contribution in [0.4, 0.5) is 0 Å². The summed E-state index contributed by atoms with van der Waals surface area (Å²) in [7, 11) is -3.16. The summed E-state index contributed by atoms with van der Waals surface area (Å²) in [6.45, 7) is 1.88. The topological polar surface area (TPSA) is 34.1 Å². The molecule has 0 heterocycles. The van der Waals surface area contributed by atoms with E-state index in [1.54, 1.807) is 48.6 Å². The molecule has 0 fully saturated rings. The van der Waals surface area contributed by atoms with E-state index in [1.165, 1.54) is 0 Å². The van der Waals surface area contributed by atoms with Crippen LogP contribution < -0.4 is 0 Å². The van der Waals surface area contributed by atoms with Gasteiger partial charge in [-0.25, -0.2) is 8.42 Å². The zero-order valence-electron chi connectivity index (χ0n) is 8.63. The molecule has 0 aliphatic carbocycles. The lowest BCUT2D eigenvalue weighted by Gasteiger charge is -1.99. The number of allylic oxidation sites excluding steroid dienone is 3. The molecule has 2 nitrogen and oxygen atoms in total. The minimum atomic E-state index is -3.16. The number of hydrogen-bond donors (Lipinski definition) is 0. The standard InChI is InChI=1S/C12H14O2S/c1-2-3-4-8-11-15(13,14)12-9-6-5-7-10-12/h2-10H,11H2,1H3. The Morgan fingerprint density at radius 2 is 1.80 bits per heavy atom. The van der Waals surface area contributed by atoms with E-state index in [9.17, 15) is 8.42 Å². The molecule has 1 aromatic rings. The molecule has 0 aliphatic heterocycles. The Balaban J connectivity index is 2.77. The lowest BCUT2D eigenvalue weighted by atomic mass is 10.4. The van der Waals surface area contributed by atoms with Crippen molar-refractivity contribution in [2.24, 2.45) is 0 Å². The van der Waals surface area contributed by atoms with Gasteiger partial charge in [0, 0.05) is 0 Å². The summed E-state index contributed by atoms with van der Waals surface area (Å²) < 4.78 is 23.4. The Hall–Kier alpha value is -1.35. The molecule has 0 unspecified atom stereocenters. The second-order valence-corrected chi connectivity index (χ2v) is 5.08. The average molecular weight is 222 g/mol. The van der Waals surface area contributed by atoms with Crippen molar-refractivity contribution in [2.45, 2.75) is 11.8 Å². The number of sulfone groups is 1. The van der Waals surface area contributed by atoms with E-state index >= 15 is 0 Å². The molecule has 0 radical (unpaired) electrons. The highest BCUT2D eigenvalue weighted by Crippen LogP contribution is 2.09. The highest BCUT2D eigenvalue weighted by atomic mass is 32.2. The predicted octanol–water partition coefficient (Wildman–Crippen LogP) is 2.59. The molecule has 1 aromatic carbocycles. The van der Waals surface area contributed by atoms with Gasteiger partial charge in [-0.15, -0.1) is 0 Å². The predicted molar refractivity (Wildman–Crippen MR) is 62.4 cm³/mol. The van der Waals surface area contributed by atoms with Gasteiger partial charge in [-0.3, -0.25) is 0 Å². The second-order valence-electron chi connectivity index (χ2n) is 3.05. The van der Waals surface area contributed by atoms with Gasteiger partial charge in [0.15, 0.2) is 9.84 Å². The third-order valence-corrected chi connectivity index (χ3v) is 3.48. The summed E-state index contributed by atoms with van der Waals surface area (Å²) in [5.41, 5.74) is 0. The second kappa shape index (κ2) is 5.51. The Bertz CT molecular complexity index is 442. The van der Waals surface area contributed by atoms with Crippen LogP contribution in [0.15, 0.2) is 59.5 Å². The minimum Gasteiger partial charge on any atom is -0.223 e. The molecule has 0 aliphatic rings. The van der Waals surface area contributed by atoms with Crippen LogP contribution in [-0.2, 0) is 9.84 Å². The molecular weight excluding hydrogens is 208 g/mol. The molecule has 0 aromatic heterocycles. The Morgan fingerprint density at radius 3 is 2.40 bits per heavy atom. The van der Waals surface area contributed by atoms with Gasteiger partial charge >= 0.3 is 0 Å². The lowest BCUT2D eigenvalue weighted by molar-refractivity contribution is 0.599. The molecule has 0 atom stereocenters. The van der Waals surface area contributed by atoms with Crippen LogP contribution in [-0.4, -0.2) is 14.2 Å². The number of benzene rings is 1. The normalized spacial score (nSPS) is 12.6. The SMILES string of the molecule is CC=CC=CCS(=O)(=O)c1ccccc1. The van der Waals surface area contributed by atoms with E-state index in [2.05, 4.69) is 0 Å². The molecule has 80 valence electrons. The smallest absolute Gasteiger partial charge is 0.181 e. The van der Waals surface area contributed by atoms with Crippen molar-refractivity contribution in [2.75, 3.05) is 5.75 Å². The highest BCUT2D eigenvalue weighted by Gasteiger charge is 2.10. The van der Waals surface area contributed by atoms with E-state index < -0.39 is 9.84 Å². The van der Waals surface area contributed by atoms with Crippen molar-refractivity contribution in [3.63, 3.8) is 0 Å². The van der Waals surface area contributed by atoms with Crippen LogP contribution in [0.5, 0.6) is 0 Å². The van der Waals surface area contributed by atoms with Crippen molar-refractivity contribution < 1.29 is 8.42 Å². The maximum Gasteiger partial charge on any atom is 0.181 e. The summed E-state index contributed by atoms with van der Waals surface area (Å²) in [5.74, 6) is 0.0430. The van der Waals surface area contributed by atoms with Crippen molar-refractivity contribution in [1.82, 2.24) is 0 Å². The van der Waals surface area contributed by atoms with Gasteiger partial charge in [0.1, 0.15) is 0 Å². The Kier molecular flexibility index (Phi) is 4.31. The quantitative estimate of drug-likeness (QED) is 0.734. The first-order valence-corrected chi connectivity index (χ1v) is 6.37. The maximum atomic E-state index is 11.7. The molecule has 0 saturated heterocycles. The van der Waals surface area contributed by atoms with Crippen LogP contribution in [0.3, 0.4) is 0 Å². The van der Waals surface area contributed by atoms with Gasteiger partial charge in [-0.2, -0.15) is 0 Å². The van der Waals surface area contributed by atoms with Gasteiger partial charge in [0.2, 0.25) is 0 Å². The molecule has 3 heteroatoms. The first-order chi connectivity index (χ1) is 7.17. The monoisotopic (exact) mass is 222 g/mol. The van der Waals surface area contributed by atoms with Crippen molar-refractivity contribution in [1.29, 1.82) is 0 Å². The minimum absolute atomic E-state index is 0.0430. The van der Waals surface area contributed by atoms with E-state index in [0.717, 1.165) is 0 Å². The fraction of sp³-hybridized carbons (Fsp3) is 0.167. The third-order valence-electron chi connectivity index (χ3n) is 1.86. The van der Waals surface area contributed by atoms with E-state index in [1.807, 2.05) is 13.0 Å². The fourth-order valence-electron chi connectivity index (χ4n) is 1.10. The summed E-state index contributed by atoms with van der Waals surface area (Å²) >= 11 is 0. The first kappa shape index (κ1) is 11.7. The van der Waals surface area contributed by atoms with Gasteiger partial charge in [-0.1, -0.05) is 42.5 Å². The third kappa shape index (κ3) is 3.72. The molecule has 0 N–H and O–H groups in total. The van der Waals surface area contributed by atoms with Crippen molar-refractivity contribution in [3.05, 3.63) is 54.6 Å². The number of rotatable bonds is 4. The highest BCUT2D eigenvalue weighted by molar-refractivity contribution is 7.91. The van der Waals surface area contributed by atoms with Crippen molar-refractivity contribution >= 4 is 9.84 Å². The summed E-state index contributed by atoms with van der Waals surface area (Å²) in [4.78, 5) is 0.370. The van der Waals surface area contributed by atoms with E-state index in [0.29, 0.717) is 4.90 Å². The van der Waals surface area contributed by atoms with E-state index in [-0.39, 0.29) is 5.75 Å². The molecular formula is C12H14O2S. The molecule has 0 amide bonds. The number of hydrogen-bond acceptors (Lipinski definition) is 2.